The van der Waals surface area contributed by atoms with Crippen LogP contribution >= 0.6 is 23.1 Å². The van der Waals surface area contributed by atoms with E-state index in [9.17, 15) is 14.0 Å². The monoisotopic (exact) mass is 551 g/mol. The molecule has 0 aliphatic carbocycles. The summed E-state index contributed by atoms with van der Waals surface area (Å²) in [5, 5.41) is -0.0397. The van der Waals surface area contributed by atoms with E-state index in [1.807, 2.05) is 23.2 Å². The highest BCUT2D eigenvalue weighted by Crippen LogP contribution is 2.39. The van der Waals surface area contributed by atoms with Gasteiger partial charge in [-0.2, -0.15) is 0 Å². The molecule has 1 aliphatic heterocycles. The quantitative estimate of drug-likeness (QED) is 0.327. The van der Waals surface area contributed by atoms with Crippen molar-refractivity contribution in [3.63, 3.8) is 0 Å². The Morgan fingerprint density at radius 1 is 1.08 bits per heavy atom. The number of hydrogen-bond acceptors (Lipinski definition) is 9. The first-order chi connectivity index (χ1) is 18.4. The molecule has 1 amide bonds. The lowest BCUT2D eigenvalue weighted by atomic mass is 10.2. The van der Waals surface area contributed by atoms with Crippen molar-refractivity contribution < 1.29 is 18.7 Å². The molecule has 0 spiro atoms. The summed E-state index contributed by atoms with van der Waals surface area (Å²) < 4.78 is 20.9. The van der Waals surface area contributed by atoms with E-state index >= 15 is 0 Å². The Bertz CT molecular complexity index is 1470. The van der Waals surface area contributed by atoms with Crippen LogP contribution in [0.5, 0.6) is 11.5 Å². The van der Waals surface area contributed by atoms with Gasteiger partial charge in [0, 0.05) is 69.9 Å². The van der Waals surface area contributed by atoms with Crippen molar-refractivity contribution in [2.45, 2.75) is 13.5 Å². The van der Waals surface area contributed by atoms with Crippen LogP contribution in [-0.2, 0) is 16.1 Å². The molecule has 4 heterocycles. The molecule has 1 saturated heterocycles. The number of aromatic nitrogens is 2. The third-order valence-electron chi connectivity index (χ3n) is 6.16. The fourth-order valence-electron chi connectivity index (χ4n) is 4.17. The molecule has 196 valence electrons. The number of halogens is 1. The third-order valence-corrected chi connectivity index (χ3v) is 8.12. The Morgan fingerprint density at radius 2 is 1.89 bits per heavy atom. The summed E-state index contributed by atoms with van der Waals surface area (Å²) in [5.74, 6) is 0.318. The predicted molar refractivity (Wildman–Crippen MR) is 149 cm³/mol. The van der Waals surface area contributed by atoms with E-state index in [1.54, 1.807) is 18.3 Å². The normalized spacial score (nSPS) is 14.1. The molecule has 1 aliphatic rings. The Balaban J connectivity index is 1.23. The molecule has 5 rings (SSSR count). The predicted octanol–water partition coefficient (Wildman–Crippen LogP) is 4.80. The van der Waals surface area contributed by atoms with Gasteiger partial charge in [-0.05, 0) is 29.8 Å². The summed E-state index contributed by atoms with van der Waals surface area (Å²) in [4.78, 5) is 37.5. The number of thioether (sulfide) groups is 1. The Morgan fingerprint density at radius 3 is 2.61 bits per heavy atom. The number of hydrogen-bond donors (Lipinski definition) is 1. The molecule has 0 bridgehead atoms. The molecule has 8 nitrogen and oxygen atoms in total. The van der Waals surface area contributed by atoms with Crippen molar-refractivity contribution in [3.05, 3.63) is 66.2 Å². The SMILES string of the molecule is CC(=O)SCC(=O)N1CCN(Cc2ccc(-c3cc4nccc(Oc5ccc(N)cc5F)c4s3)nc2)CC1. The first-order valence-corrected chi connectivity index (χ1v) is 13.9. The lowest BCUT2D eigenvalue weighted by molar-refractivity contribution is -0.130. The van der Waals surface area contributed by atoms with E-state index in [1.165, 1.54) is 30.4 Å². The van der Waals surface area contributed by atoms with E-state index < -0.39 is 5.82 Å². The van der Waals surface area contributed by atoms with Crippen molar-refractivity contribution in [1.29, 1.82) is 0 Å². The fraction of sp³-hybridized carbons (Fsp3) is 0.259. The van der Waals surface area contributed by atoms with Crippen molar-refractivity contribution in [3.8, 4) is 22.1 Å². The molecule has 38 heavy (non-hydrogen) atoms. The number of fused-ring (bicyclic) bond motifs is 1. The summed E-state index contributed by atoms with van der Waals surface area (Å²) in [5.41, 5.74) is 8.63. The van der Waals surface area contributed by atoms with Crippen LogP contribution in [0.4, 0.5) is 10.1 Å². The van der Waals surface area contributed by atoms with Crippen LogP contribution in [0.2, 0.25) is 0 Å². The van der Waals surface area contributed by atoms with Crippen LogP contribution < -0.4 is 10.5 Å². The molecular formula is C27H26FN5O3S2. The molecule has 11 heteroatoms. The second-order valence-corrected chi connectivity index (χ2v) is 11.1. The Labute approximate surface area is 227 Å². The topological polar surface area (TPSA) is 102 Å². The van der Waals surface area contributed by atoms with E-state index in [0.717, 1.165) is 57.7 Å². The van der Waals surface area contributed by atoms with Crippen molar-refractivity contribution in [2.24, 2.45) is 0 Å². The van der Waals surface area contributed by atoms with Gasteiger partial charge in [-0.15, -0.1) is 11.3 Å². The zero-order valence-corrected chi connectivity index (χ0v) is 22.4. The van der Waals surface area contributed by atoms with Gasteiger partial charge < -0.3 is 15.4 Å². The molecule has 0 radical (unpaired) electrons. The van der Waals surface area contributed by atoms with Crippen LogP contribution in [0, 0.1) is 5.82 Å². The minimum atomic E-state index is -0.524. The maximum Gasteiger partial charge on any atom is 0.233 e. The van der Waals surface area contributed by atoms with Crippen LogP contribution in [0.1, 0.15) is 12.5 Å². The third kappa shape index (κ3) is 6.12. The second kappa shape index (κ2) is 11.5. The molecule has 0 unspecified atom stereocenters. The van der Waals surface area contributed by atoms with E-state index in [2.05, 4.69) is 20.9 Å². The Hall–Kier alpha value is -3.54. The van der Waals surface area contributed by atoms with Gasteiger partial charge in [0.25, 0.3) is 0 Å². The summed E-state index contributed by atoms with van der Waals surface area (Å²) in [6.07, 6.45) is 3.50. The fourth-order valence-corrected chi connectivity index (χ4v) is 5.72. The standard InChI is InChI=1S/C27H26FN5O3S2/c1-17(34)37-16-26(35)33-10-8-32(9-11-33)15-18-2-4-21(31-14-18)25-13-22-27(38-25)24(6-7-30-22)36-23-5-3-19(29)12-20(23)28/h2-7,12-14H,8-11,15-16,29H2,1H3. The van der Waals surface area contributed by atoms with Crippen LogP contribution in [0.3, 0.4) is 0 Å². The number of amides is 1. The van der Waals surface area contributed by atoms with Gasteiger partial charge in [0.1, 0.15) is 5.75 Å². The number of nitrogen functional groups attached to an aromatic ring is 1. The number of rotatable bonds is 7. The lowest BCUT2D eigenvalue weighted by Gasteiger charge is -2.34. The molecule has 0 atom stereocenters. The zero-order valence-electron chi connectivity index (χ0n) is 20.7. The van der Waals surface area contributed by atoms with Gasteiger partial charge in [-0.25, -0.2) is 4.39 Å². The Kier molecular flexibility index (Phi) is 7.87. The molecule has 4 aromatic rings. The zero-order chi connectivity index (χ0) is 26.6. The largest absolute Gasteiger partial charge is 0.453 e. The van der Waals surface area contributed by atoms with Crippen LogP contribution in [0.25, 0.3) is 20.8 Å². The molecule has 2 N–H and O–H groups in total. The highest BCUT2D eigenvalue weighted by Gasteiger charge is 2.21. The molecule has 3 aromatic heterocycles. The number of benzene rings is 1. The smallest absolute Gasteiger partial charge is 0.233 e. The average Bonchev–Trinajstić information content (AvgIpc) is 3.35. The highest BCUT2D eigenvalue weighted by atomic mass is 32.2. The van der Waals surface area contributed by atoms with Crippen molar-refractivity contribution >= 4 is 50.0 Å². The average molecular weight is 552 g/mol. The van der Waals surface area contributed by atoms with Gasteiger partial charge in [0.15, 0.2) is 16.7 Å². The van der Waals surface area contributed by atoms with E-state index in [-0.39, 0.29) is 22.5 Å². The number of thiophene rings is 1. The van der Waals surface area contributed by atoms with E-state index in [0.29, 0.717) is 24.5 Å². The van der Waals surface area contributed by atoms with Gasteiger partial charge in [-0.3, -0.25) is 24.5 Å². The number of carbonyl (C=O) groups is 2. The van der Waals surface area contributed by atoms with E-state index in [4.69, 9.17) is 10.5 Å². The minimum absolute atomic E-state index is 0.0147. The maximum atomic E-state index is 14.3. The summed E-state index contributed by atoms with van der Waals surface area (Å²) in [6.45, 7) is 5.08. The molecule has 1 fully saturated rings. The first-order valence-electron chi connectivity index (χ1n) is 12.1. The minimum Gasteiger partial charge on any atom is -0.453 e. The number of nitrogens with zero attached hydrogens (tertiary/aromatic N) is 4. The number of carbonyl (C=O) groups excluding carboxylic acids is 2. The maximum absolute atomic E-state index is 14.3. The second-order valence-electron chi connectivity index (χ2n) is 8.91. The van der Waals surface area contributed by atoms with Crippen molar-refractivity contribution in [2.75, 3.05) is 37.7 Å². The molecule has 0 saturated carbocycles. The highest BCUT2D eigenvalue weighted by molar-refractivity contribution is 8.14. The van der Waals surface area contributed by atoms with Gasteiger partial charge in [-0.1, -0.05) is 17.8 Å². The summed E-state index contributed by atoms with van der Waals surface area (Å²) in [6, 6.07) is 12.0. The molecule has 1 aromatic carbocycles. The number of anilines is 1. The van der Waals surface area contributed by atoms with Crippen LogP contribution in [0.15, 0.2) is 54.9 Å². The number of pyridine rings is 2. The summed E-state index contributed by atoms with van der Waals surface area (Å²) >= 11 is 2.55. The van der Waals surface area contributed by atoms with Gasteiger partial charge in [0.05, 0.1) is 26.5 Å². The summed E-state index contributed by atoms with van der Waals surface area (Å²) in [7, 11) is 0. The molecular weight excluding hydrogens is 525 g/mol. The van der Waals surface area contributed by atoms with Gasteiger partial charge >= 0.3 is 0 Å². The number of nitrogens with two attached hydrogens (primary N) is 1. The lowest BCUT2D eigenvalue weighted by Crippen LogP contribution is -2.48. The first kappa shape index (κ1) is 26.1. The van der Waals surface area contributed by atoms with Crippen molar-refractivity contribution in [1.82, 2.24) is 19.8 Å². The van der Waals surface area contributed by atoms with Gasteiger partial charge in [0.2, 0.25) is 5.91 Å². The van der Waals surface area contributed by atoms with Crippen LogP contribution in [-0.4, -0.2) is 62.7 Å². The number of piperazine rings is 1. The number of ether oxygens (including phenoxy) is 1.